The zero-order valence-electron chi connectivity index (χ0n) is 17.4. The van der Waals surface area contributed by atoms with Gasteiger partial charge in [-0.15, -0.1) is 0 Å². The average molecular weight is 549 g/mol. The van der Waals surface area contributed by atoms with Crippen LogP contribution in [0.2, 0.25) is 10.0 Å². The van der Waals surface area contributed by atoms with Crippen LogP contribution >= 0.6 is 39.1 Å². The Labute approximate surface area is 209 Å². The van der Waals surface area contributed by atoms with E-state index in [9.17, 15) is 9.59 Å². The molecule has 0 aliphatic carbocycles. The molecule has 0 radical (unpaired) electrons. The summed E-state index contributed by atoms with van der Waals surface area (Å²) in [6, 6.07) is 19.9. The third kappa shape index (κ3) is 5.99. The van der Waals surface area contributed by atoms with E-state index in [1.807, 2.05) is 42.5 Å². The molecular formula is C24H20BrCl2N3O3. The highest BCUT2D eigenvalue weighted by atomic mass is 79.9. The number of ether oxygens (including phenoxy) is 1. The van der Waals surface area contributed by atoms with E-state index in [-0.39, 0.29) is 24.8 Å². The molecule has 0 aromatic heterocycles. The molecule has 6 nitrogen and oxygen atoms in total. The van der Waals surface area contributed by atoms with Crippen LogP contribution in [-0.4, -0.2) is 18.4 Å². The molecule has 1 fully saturated rings. The Morgan fingerprint density at radius 2 is 1.88 bits per heavy atom. The highest BCUT2D eigenvalue weighted by molar-refractivity contribution is 9.10. The maximum absolute atomic E-state index is 12.6. The predicted octanol–water partition coefficient (Wildman–Crippen LogP) is 5.83. The molecule has 1 aliphatic heterocycles. The Bertz CT molecular complexity index is 1170. The fourth-order valence-corrected chi connectivity index (χ4v) is 4.18. The van der Waals surface area contributed by atoms with Gasteiger partial charge >= 0.3 is 0 Å². The van der Waals surface area contributed by atoms with Gasteiger partial charge in [-0.05, 0) is 48.5 Å². The number of hydrogen-bond acceptors (Lipinski definition) is 4. The van der Waals surface area contributed by atoms with Crippen molar-refractivity contribution >= 4 is 62.3 Å². The summed E-state index contributed by atoms with van der Waals surface area (Å²) in [5.41, 5.74) is 7.83. The zero-order chi connectivity index (χ0) is 23.4. The quantitative estimate of drug-likeness (QED) is 0.364. The van der Waals surface area contributed by atoms with Gasteiger partial charge in [0.15, 0.2) is 0 Å². The van der Waals surface area contributed by atoms with Crippen LogP contribution in [-0.2, 0) is 16.2 Å². The van der Waals surface area contributed by atoms with E-state index < -0.39 is 5.92 Å². The number of carbonyl (C=O) groups is 2. The molecule has 3 aromatic carbocycles. The smallest absolute Gasteiger partial charge is 0.243 e. The van der Waals surface area contributed by atoms with Gasteiger partial charge in [-0.3, -0.25) is 20.4 Å². The molecular weight excluding hydrogens is 529 g/mol. The van der Waals surface area contributed by atoms with Gasteiger partial charge in [0, 0.05) is 44.8 Å². The normalized spacial score (nSPS) is 15.4. The number of benzene rings is 3. The summed E-state index contributed by atoms with van der Waals surface area (Å²) >= 11 is 15.5. The van der Waals surface area contributed by atoms with Crippen LogP contribution in [0.3, 0.4) is 0 Å². The van der Waals surface area contributed by atoms with Crippen molar-refractivity contribution in [3.05, 3.63) is 86.8 Å². The summed E-state index contributed by atoms with van der Waals surface area (Å²) in [4.78, 5) is 26.7. The third-order valence-electron chi connectivity index (χ3n) is 5.21. The minimum absolute atomic E-state index is 0.0752. The first-order valence-electron chi connectivity index (χ1n) is 10.2. The van der Waals surface area contributed by atoms with Crippen molar-refractivity contribution in [3.8, 4) is 5.75 Å². The van der Waals surface area contributed by atoms with Gasteiger partial charge in [0.25, 0.3) is 0 Å². The van der Waals surface area contributed by atoms with Crippen LogP contribution in [0.1, 0.15) is 12.0 Å². The minimum Gasteiger partial charge on any atom is -0.489 e. The number of anilines is 2. The first-order chi connectivity index (χ1) is 15.9. The van der Waals surface area contributed by atoms with Crippen molar-refractivity contribution in [1.82, 2.24) is 5.43 Å². The van der Waals surface area contributed by atoms with Crippen LogP contribution < -0.4 is 20.5 Å². The van der Waals surface area contributed by atoms with E-state index in [0.29, 0.717) is 28.0 Å². The van der Waals surface area contributed by atoms with Gasteiger partial charge in [0.2, 0.25) is 11.8 Å². The molecule has 3 aromatic rings. The van der Waals surface area contributed by atoms with Crippen LogP contribution in [0.4, 0.5) is 11.4 Å². The maximum Gasteiger partial charge on any atom is 0.243 e. The number of amides is 2. The largest absolute Gasteiger partial charge is 0.489 e. The van der Waals surface area contributed by atoms with Crippen LogP contribution in [0.5, 0.6) is 5.75 Å². The molecule has 1 heterocycles. The molecule has 0 spiro atoms. The summed E-state index contributed by atoms with van der Waals surface area (Å²) in [5.74, 6) is -0.159. The fraction of sp³-hybridized carbons (Fsp3) is 0.167. The van der Waals surface area contributed by atoms with Crippen LogP contribution in [0.15, 0.2) is 71.2 Å². The summed E-state index contributed by atoms with van der Waals surface area (Å²) in [6.07, 6.45) is 0.161. The SMILES string of the molecule is O=C(NNc1cccc(OCc2ccc(Cl)cc2Cl)c1)[C@H]1CC(=O)N(c2ccc(Br)cc2)C1. The molecule has 1 atom stereocenters. The molecule has 9 heteroatoms. The number of hydrazine groups is 1. The van der Waals surface area contributed by atoms with Crippen molar-refractivity contribution in [3.63, 3.8) is 0 Å². The number of rotatable bonds is 7. The van der Waals surface area contributed by atoms with Gasteiger partial charge < -0.3 is 9.64 Å². The van der Waals surface area contributed by atoms with Crippen LogP contribution in [0, 0.1) is 5.92 Å². The molecule has 4 rings (SSSR count). The molecule has 2 N–H and O–H groups in total. The number of hydrogen-bond donors (Lipinski definition) is 2. The average Bonchev–Trinajstić information content (AvgIpc) is 3.19. The van der Waals surface area contributed by atoms with Gasteiger partial charge in [-0.2, -0.15) is 0 Å². The Balaban J connectivity index is 1.31. The van der Waals surface area contributed by atoms with Gasteiger partial charge in [-0.25, -0.2) is 0 Å². The molecule has 33 heavy (non-hydrogen) atoms. The van der Waals surface area contributed by atoms with Crippen molar-refractivity contribution in [2.75, 3.05) is 16.9 Å². The number of carbonyl (C=O) groups excluding carboxylic acids is 2. The Morgan fingerprint density at radius 3 is 2.64 bits per heavy atom. The van der Waals surface area contributed by atoms with Gasteiger partial charge in [0.1, 0.15) is 12.4 Å². The molecule has 0 unspecified atom stereocenters. The number of nitrogens with one attached hydrogen (secondary N) is 2. The predicted molar refractivity (Wildman–Crippen MR) is 134 cm³/mol. The maximum atomic E-state index is 12.6. The van der Waals surface area contributed by atoms with E-state index in [1.54, 1.807) is 29.2 Å². The lowest BCUT2D eigenvalue weighted by molar-refractivity contribution is -0.125. The van der Waals surface area contributed by atoms with E-state index in [1.165, 1.54) is 0 Å². The fourth-order valence-electron chi connectivity index (χ4n) is 3.45. The lowest BCUT2D eigenvalue weighted by Crippen LogP contribution is -2.36. The lowest BCUT2D eigenvalue weighted by atomic mass is 10.1. The zero-order valence-corrected chi connectivity index (χ0v) is 20.5. The summed E-state index contributed by atoms with van der Waals surface area (Å²) in [5, 5.41) is 1.10. The second kappa shape index (κ2) is 10.5. The number of nitrogens with zero attached hydrogens (tertiary/aromatic N) is 1. The first-order valence-corrected chi connectivity index (χ1v) is 11.7. The Kier molecular flexibility index (Phi) is 7.42. The van der Waals surface area contributed by atoms with Crippen molar-refractivity contribution in [2.24, 2.45) is 5.92 Å². The third-order valence-corrected chi connectivity index (χ3v) is 6.32. The second-order valence-electron chi connectivity index (χ2n) is 7.55. The molecule has 1 saturated heterocycles. The van der Waals surface area contributed by atoms with Gasteiger partial charge in [0.05, 0.1) is 11.6 Å². The lowest BCUT2D eigenvalue weighted by Gasteiger charge is -2.17. The number of halogens is 3. The van der Waals surface area contributed by atoms with E-state index in [2.05, 4.69) is 26.8 Å². The molecule has 0 bridgehead atoms. The van der Waals surface area contributed by atoms with Crippen molar-refractivity contribution in [1.29, 1.82) is 0 Å². The topological polar surface area (TPSA) is 70.7 Å². The minimum atomic E-state index is -0.444. The molecule has 0 saturated carbocycles. The van der Waals surface area contributed by atoms with Crippen molar-refractivity contribution < 1.29 is 14.3 Å². The van der Waals surface area contributed by atoms with E-state index in [4.69, 9.17) is 27.9 Å². The van der Waals surface area contributed by atoms with Gasteiger partial charge in [-0.1, -0.05) is 51.3 Å². The summed E-state index contributed by atoms with van der Waals surface area (Å²) < 4.78 is 6.74. The Morgan fingerprint density at radius 1 is 1.09 bits per heavy atom. The molecule has 1 aliphatic rings. The Hall–Kier alpha value is -2.74. The highest BCUT2D eigenvalue weighted by Gasteiger charge is 2.35. The second-order valence-corrected chi connectivity index (χ2v) is 9.31. The molecule has 2 amide bonds. The highest BCUT2D eigenvalue weighted by Crippen LogP contribution is 2.27. The van der Waals surface area contributed by atoms with E-state index >= 15 is 0 Å². The summed E-state index contributed by atoms with van der Waals surface area (Å²) in [6.45, 7) is 0.612. The standard InChI is InChI=1S/C24H20BrCl2N3O3/c25-17-5-8-20(9-6-17)30-13-16(10-23(30)31)24(32)29-28-19-2-1-3-21(12-19)33-14-15-4-7-18(26)11-22(15)27/h1-9,11-12,16,28H,10,13-14H2,(H,29,32)/t16-/m0/s1. The summed E-state index contributed by atoms with van der Waals surface area (Å²) in [7, 11) is 0. The molecule has 170 valence electrons. The van der Waals surface area contributed by atoms with E-state index in [0.717, 1.165) is 15.7 Å². The monoisotopic (exact) mass is 547 g/mol. The van der Waals surface area contributed by atoms with Crippen molar-refractivity contribution in [2.45, 2.75) is 13.0 Å². The van der Waals surface area contributed by atoms with Crippen LogP contribution in [0.25, 0.3) is 0 Å². The first kappa shape index (κ1) is 23.4.